The van der Waals surface area contributed by atoms with E-state index in [-0.39, 0.29) is 24.2 Å². The van der Waals surface area contributed by atoms with Gasteiger partial charge >= 0.3 is 0 Å². The molecular formula is C11H19F2N. The molecule has 2 fully saturated rings. The van der Waals surface area contributed by atoms with Crippen molar-refractivity contribution < 1.29 is 8.78 Å². The van der Waals surface area contributed by atoms with E-state index in [1.165, 1.54) is 19.3 Å². The molecule has 0 radical (unpaired) electrons. The molecule has 2 aliphatic rings. The largest absolute Gasteiger partial charge is 0.330 e. The van der Waals surface area contributed by atoms with Crippen LogP contribution >= 0.6 is 0 Å². The topological polar surface area (TPSA) is 26.0 Å². The van der Waals surface area contributed by atoms with Crippen LogP contribution in [0.5, 0.6) is 0 Å². The second kappa shape index (κ2) is 3.44. The summed E-state index contributed by atoms with van der Waals surface area (Å²) in [5.74, 6) is -2.19. The number of hydrogen-bond donors (Lipinski definition) is 1. The van der Waals surface area contributed by atoms with Gasteiger partial charge in [-0.1, -0.05) is 19.3 Å². The lowest BCUT2D eigenvalue weighted by Gasteiger charge is -2.50. The van der Waals surface area contributed by atoms with Crippen molar-refractivity contribution in [2.75, 3.05) is 6.54 Å². The van der Waals surface area contributed by atoms with Gasteiger partial charge < -0.3 is 5.73 Å². The van der Waals surface area contributed by atoms with E-state index in [1.54, 1.807) is 0 Å². The fourth-order valence-corrected chi connectivity index (χ4v) is 3.13. The van der Waals surface area contributed by atoms with Crippen LogP contribution < -0.4 is 5.73 Å². The summed E-state index contributed by atoms with van der Waals surface area (Å²) >= 11 is 0. The summed E-state index contributed by atoms with van der Waals surface area (Å²) in [6.07, 6.45) is 5.94. The molecule has 0 spiro atoms. The molecule has 0 aromatic carbocycles. The van der Waals surface area contributed by atoms with Gasteiger partial charge in [0, 0.05) is 12.8 Å². The third-order valence-electron chi connectivity index (χ3n) is 4.21. The minimum atomic E-state index is -2.38. The summed E-state index contributed by atoms with van der Waals surface area (Å²) in [5.41, 5.74) is 5.86. The van der Waals surface area contributed by atoms with Crippen molar-refractivity contribution >= 4 is 0 Å². The Morgan fingerprint density at radius 3 is 2.07 bits per heavy atom. The zero-order chi connectivity index (χ0) is 10.2. The van der Waals surface area contributed by atoms with Crippen LogP contribution in [0.1, 0.15) is 44.9 Å². The summed E-state index contributed by atoms with van der Waals surface area (Å²) in [6, 6.07) is 0. The summed E-state index contributed by atoms with van der Waals surface area (Å²) in [4.78, 5) is 0. The quantitative estimate of drug-likeness (QED) is 0.733. The van der Waals surface area contributed by atoms with E-state index in [9.17, 15) is 8.78 Å². The minimum absolute atomic E-state index is 0.0694. The first-order valence-corrected chi connectivity index (χ1v) is 5.66. The molecule has 0 aliphatic heterocycles. The molecule has 0 amide bonds. The summed E-state index contributed by atoms with van der Waals surface area (Å²) in [6.45, 7) is 0.605. The van der Waals surface area contributed by atoms with E-state index in [4.69, 9.17) is 5.73 Å². The molecule has 1 nitrogen and oxygen atoms in total. The Hall–Kier alpha value is -0.180. The molecule has 2 aliphatic carbocycles. The zero-order valence-corrected chi connectivity index (χ0v) is 8.57. The van der Waals surface area contributed by atoms with E-state index in [0.717, 1.165) is 12.8 Å². The van der Waals surface area contributed by atoms with E-state index in [1.807, 2.05) is 0 Å². The summed E-state index contributed by atoms with van der Waals surface area (Å²) < 4.78 is 25.6. The monoisotopic (exact) mass is 203 g/mol. The van der Waals surface area contributed by atoms with Gasteiger partial charge in [0.25, 0.3) is 0 Å². The maximum Gasteiger partial charge on any atom is 0.248 e. The van der Waals surface area contributed by atoms with Gasteiger partial charge in [0.2, 0.25) is 5.92 Å². The van der Waals surface area contributed by atoms with Gasteiger partial charge in [0.1, 0.15) is 0 Å². The van der Waals surface area contributed by atoms with Gasteiger partial charge in [0.05, 0.1) is 0 Å². The fraction of sp³-hybridized carbons (Fsp3) is 1.00. The number of nitrogens with two attached hydrogens (primary N) is 1. The molecule has 82 valence electrons. The van der Waals surface area contributed by atoms with E-state index < -0.39 is 5.92 Å². The van der Waals surface area contributed by atoms with E-state index in [0.29, 0.717) is 6.54 Å². The predicted molar refractivity (Wildman–Crippen MR) is 52.2 cm³/mol. The average molecular weight is 203 g/mol. The van der Waals surface area contributed by atoms with Crippen molar-refractivity contribution in [3.05, 3.63) is 0 Å². The van der Waals surface area contributed by atoms with Gasteiger partial charge in [-0.05, 0) is 30.7 Å². The molecule has 0 unspecified atom stereocenters. The molecule has 2 rings (SSSR count). The Morgan fingerprint density at radius 1 is 1.07 bits per heavy atom. The van der Waals surface area contributed by atoms with E-state index >= 15 is 0 Å². The Kier molecular flexibility index (Phi) is 2.54. The molecule has 2 N–H and O–H groups in total. The highest BCUT2D eigenvalue weighted by molar-refractivity contribution is 4.99. The Balaban J connectivity index is 1.99. The fourth-order valence-electron chi connectivity index (χ4n) is 3.13. The zero-order valence-electron chi connectivity index (χ0n) is 8.57. The van der Waals surface area contributed by atoms with Crippen LogP contribution in [0.15, 0.2) is 0 Å². The first-order valence-electron chi connectivity index (χ1n) is 5.66. The lowest BCUT2D eigenvalue weighted by atomic mass is 9.58. The highest BCUT2D eigenvalue weighted by Crippen LogP contribution is 2.55. The van der Waals surface area contributed by atoms with Gasteiger partial charge in [-0.25, -0.2) is 8.78 Å². The predicted octanol–water partition coefficient (Wildman–Crippen LogP) is 2.94. The molecule has 0 atom stereocenters. The van der Waals surface area contributed by atoms with Crippen LogP contribution in [0.25, 0.3) is 0 Å². The van der Waals surface area contributed by atoms with Crippen molar-refractivity contribution in [2.24, 2.45) is 17.1 Å². The van der Waals surface area contributed by atoms with Crippen LogP contribution in [0, 0.1) is 11.3 Å². The SMILES string of the molecule is NCC1(C2CC(F)(F)C2)CCCCC1. The highest BCUT2D eigenvalue weighted by Gasteiger charge is 2.54. The van der Waals surface area contributed by atoms with Crippen molar-refractivity contribution in [1.82, 2.24) is 0 Å². The normalized spacial score (nSPS) is 31.1. The number of halogens is 2. The second-order valence-corrected chi connectivity index (χ2v) is 5.09. The van der Waals surface area contributed by atoms with E-state index in [2.05, 4.69) is 0 Å². The molecule has 0 bridgehead atoms. The molecule has 0 aromatic rings. The maximum absolute atomic E-state index is 12.8. The minimum Gasteiger partial charge on any atom is -0.330 e. The molecule has 0 aromatic heterocycles. The molecular weight excluding hydrogens is 184 g/mol. The summed E-state index contributed by atoms with van der Waals surface area (Å²) in [5, 5.41) is 0. The third-order valence-corrected chi connectivity index (χ3v) is 4.21. The standard InChI is InChI=1S/C11H19F2N/c12-11(13)6-9(7-11)10(8-14)4-2-1-3-5-10/h9H,1-8,14H2. The molecule has 0 heterocycles. The van der Waals surface area contributed by atoms with Crippen LogP contribution in [0.4, 0.5) is 8.78 Å². The second-order valence-electron chi connectivity index (χ2n) is 5.09. The first kappa shape index (κ1) is 10.3. The van der Waals surface area contributed by atoms with Crippen molar-refractivity contribution in [3.63, 3.8) is 0 Å². The highest BCUT2D eigenvalue weighted by atomic mass is 19.3. The third kappa shape index (κ3) is 1.67. The van der Waals surface area contributed by atoms with Crippen molar-refractivity contribution in [1.29, 1.82) is 0 Å². The van der Waals surface area contributed by atoms with Gasteiger partial charge in [0.15, 0.2) is 0 Å². The van der Waals surface area contributed by atoms with Crippen LogP contribution in [0.3, 0.4) is 0 Å². The van der Waals surface area contributed by atoms with Crippen molar-refractivity contribution in [2.45, 2.75) is 50.9 Å². The Morgan fingerprint density at radius 2 is 1.64 bits per heavy atom. The maximum atomic E-state index is 12.8. The molecule has 14 heavy (non-hydrogen) atoms. The number of rotatable bonds is 2. The van der Waals surface area contributed by atoms with Crippen LogP contribution in [-0.2, 0) is 0 Å². The van der Waals surface area contributed by atoms with Gasteiger partial charge in [-0.2, -0.15) is 0 Å². The smallest absolute Gasteiger partial charge is 0.248 e. The van der Waals surface area contributed by atoms with Gasteiger partial charge in [-0.3, -0.25) is 0 Å². The Labute approximate surface area is 84.0 Å². The lowest BCUT2D eigenvalue weighted by molar-refractivity contribution is -0.153. The van der Waals surface area contributed by atoms with Crippen LogP contribution in [0.2, 0.25) is 0 Å². The summed E-state index contributed by atoms with van der Waals surface area (Å²) in [7, 11) is 0. The molecule has 0 saturated heterocycles. The molecule has 2 saturated carbocycles. The lowest BCUT2D eigenvalue weighted by Crippen LogP contribution is -2.50. The molecule has 3 heteroatoms. The Bertz CT molecular complexity index is 201. The van der Waals surface area contributed by atoms with Crippen molar-refractivity contribution in [3.8, 4) is 0 Å². The number of alkyl halides is 2. The first-order chi connectivity index (χ1) is 6.58. The van der Waals surface area contributed by atoms with Gasteiger partial charge in [-0.15, -0.1) is 0 Å². The average Bonchev–Trinajstić information content (AvgIpc) is 2.15. The number of hydrogen-bond acceptors (Lipinski definition) is 1. The van der Waals surface area contributed by atoms with Crippen LogP contribution in [-0.4, -0.2) is 12.5 Å².